The lowest BCUT2D eigenvalue weighted by atomic mass is 9.93. The van der Waals surface area contributed by atoms with Gasteiger partial charge in [0.1, 0.15) is 0 Å². The highest BCUT2D eigenvalue weighted by Crippen LogP contribution is 2.32. The molecule has 0 aliphatic carbocycles. The van der Waals surface area contributed by atoms with Crippen LogP contribution in [0.4, 0.5) is 0 Å². The predicted octanol–water partition coefficient (Wildman–Crippen LogP) is 1.63. The van der Waals surface area contributed by atoms with Gasteiger partial charge in [0.2, 0.25) is 5.91 Å². The lowest BCUT2D eigenvalue weighted by Gasteiger charge is -2.25. The summed E-state index contributed by atoms with van der Waals surface area (Å²) < 4.78 is 4.96. The molecule has 0 bridgehead atoms. The summed E-state index contributed by atoms with van der Waals surface area (Å²) in [6, 6.07) is 10.8. The van der Waals surface area contributed by atoms with Crippen molar-refractivity contribution in [2.45, 2.75) is 25.3 Å². The van der Waals surface area contributed by atoms with E-state index in [0.29, 0.717) is 25.6 Å². The number of hydrogen-bond donors (Lipinski definition) is 1. The van der Waals surface area contributed by atoms with Crippen molar-refractivity contribution in [3.8, 4) is 0 Å². The normalized spacial score (nSPS) is 22.2. The highest BCUT2D eigenvalue weighted by Gasteiger charge is 2.34. The third kappa shape index (κ3) is 3.58. The third-order valence-corrected chi connectivity index (χ3v) is 4.06. The fourth-order valence-electron chi connectivity index (χ4n) is 2.91. The highest BCUT2D eigenvalue weighted by molar-refractivity contribution is 5.79. The molecule has 1 aliphatic heterocycles. The van der Waals surface area contributed by atoms with Crippen LogP contribution in [-0.2, 0) is 9.53 Å². The number of likely N-dealkylation sites (tertiary alicyclic amines) is 1. The minimum absolute atomic E-state index is 0.187. The average Bonchev–Trinajstić information content (AvgIpc) is 2.86. The first-order chi connectivity index (χ1) is 9.74. The molecule has 1 N–H and O–H groups in total. The molecule has 1 fully saturated rings. The molecule has 2 unspecified atom stereocenters. The van der Waals surface area contributed by atoms with Gasteiger partial charge in [-0.3, -0.25) is 4.79 Å². The van der Waals surface area contributed by atoms with Gasteiger partial charge in [0, 0.05) is 32.2 Å². The largest absolute Gasteiger partial charge is 0.383 e. The van der Waals surface area contributed by atoms with E-state index in [9.17, 15) is 4.79 Å². The summed E-state index contributed by atoms with van der Waals surface area (Å²) in [7, 11) is 1.66. The smallest absolute Gasteiger partial charge is 0.236 e. The quantitative estimate of drug-likeness (QED) is 0.803. The van der Waals surface area contributed by atoms with Crippen LogP contribution < -0.4 is 5.32 Å². The van der Waals surface area contributed by atoms with Crippen LogP contribution in [-0.4, -0.2) is 50.2 Å². The fourth-order valence-corrected chi connectivity index (χ4v) is 2.91. The van der Waals surface area contributed by atoms with E-state index in [4.69, 9.17) is 4.74 Å². The van der Waals surface area contributed by atoms with E-state index in [1.807, 2.05) is 11.0 Å². The fraction of sp³-hybridized carbons (Fsp3) is 0.562. The number of benzene rings is 1. The number of nitrogens with one attached hydrogen (secondary N) is 1. The molecule has 2 atom stereocenters. The maximum absolute atomic E-state index is 12.2. The van der Waals surface area contributed by atoms with Crippen molar-refractivity contribution in [3.63, 3.8) is 0 Å². The molecule has 0 spiro atoms. The molecule has 1 heterocycles. The summed E-state index contributed by atoms with van der Waals surface area (Å²) in [5.41, 5.74) is 1.34. The van der Waals surface area contributed by atoms with Gasteiger partial charge in [0.05, 0.1) is 13.2 Å². The number of ether oxygens (including phenoxy) is 1. The number of amides is 1. The van der Waals surface area contributed by atoms with E-state index in [0.717, 1.165) is 13.0 Å². The Bertz CT molecular complexity index is 422. The molecule has 1 aromatic rings. The Balaban J connectivity index is 1.87. The topological polar surface area (TPSA) is 41.6 Å². The van der Waals surface area contributed by atoms with E-state index in [1.54, 1.807) is 7.11 Å². The van der Waals surface area contributed by atoms with Crippen LogP contribution in [0, 0.1) is 0 Å². The Kier molecular flexibility index (Phi) is 5.56. The standard InChI is InChI=1S/C16H24N2O2/c1-13-15(14-6-4-3-5-7-14)8-10-18(13)16(19)12-17-9-11-20-2/h3-7,13,15,17H,8-12H2,1-2H3. The van der Waals surface area contributed by atoms with Gasteiger partial charge in [-0.1, -0.05) is 30.3 Å². The molecule has 0 radical (unpaired) electrons. The molecule has 1 aliphatic rings. The van der Waals surface area contributed by atoms with Crippen LogP contribution >= 0.6 is 0 Å². The summed E-state index contributed by atoms with van der Waals surface area (Å²) in [4.78, 5) is 14.2. The van der Waals surface area contributed by atoms with Crippen LogP contribution in [0.2, 0.25) is 0 Å². The van der Waals surface area contributed by atoms with Gasteiger partial charge in [-0.25, -0.2) is 0 Å². The van der Waals surface area contributed by atoms with E-state index in [-0.39, 0.29) is 11.9 Å². The van der Waals surface area contributed by atoms with Gasteiger partial charge in [-0.2, -0.15) is 0 Å². The van der Waals surface area contributed by atoms with Gasteiger partial charge in [0.25, 0.3) is 0 Å². The molecule has 1 aromatic carbocycles. The van der Waals surface area contributed by atoms with Crippen molar-refractivity contribution < 1.29 is 9.53 Å². The van der Waals surface area contributed by atoms with Crippen LogP contribution in [0.15, 0.2) is 30.3 Å². The number of rotatable bonds is 6. The Morgan fingerprint density at radius 3 is 2.85 bits per heavy atom. The van der Waals surface area contributed by atoms with Gasteiger partial charge >= 0.3 is 0 Å². The molecule has 1 amide bonds. The lowest BCUT2D eigenvalue weighted by molar-refractivity contribution is -0.130. The second kappa shape index (κ2) is 7.41. The first-order valence-electron chi connectivity index (χ1n) is 7.28. The van der Waals surface area contributed by atoms with Crippen molar-refractivity contribution in [3.05, 3.63) is 35.9 Å². The molecule has 0 aromatic heterocycles. The van der Waals surface area contributed by atoms with Crippen LogP contribution in [0.3, 0.4) is 0 Å². The van der Waals surface area contributed by atoms with Crippen molar-refractivity contribution in [1.82, 2.24) is 10.2 Å². The maximum atomic E-state index is 12.2. The molecule has 4 nitrogen and oxygen atoms in total. The van der Waals surface area contributed by atoms with Crippen molar-refractivity contribution in [1.29, 1.82) is 0 Å². The Morgan fingerprint density at radius 1 is 1.40 bits per heavy atom. The minimum atomic E-state index is 0.187. The van der Waals surface area contributed by atoms with E-state index >= 15 is 0 Å². The molecule has 1 saturated heterocycles. The molecule has 4 heteroatoms. The van der Waals surface area contributed by atoms with Gasteiger partial charge in [-0.15, -0.1) is 0 Å². The molecular weight excluding hydrogens is 252 g/mol. The number of nitrogens with zero attached hydrogens (tertiary/aromatic N) is 1. The SMILES string of the molecule is COCCNCC(=O)N1CCC(c2ccccc2)C1C. The lowest BCUT2D eigenvalue weighted by Crippen LogP contribution is -2.41. The van der Waals surface area contributed by atoms with E-state index < -0.39 is 0 Å². The van der Waals surface area contributed by atoms with Crippen LogP contribution in [0.25, 0.3) is 0 Å². The van der Waals surface area contributed by atoms with Crippen molar-refractivity contribution in [2.24, 2.45) is 0 Å². The van der Waals surface area contributed by atoms with Gasteiger partial charge in [0.15, 0.2) is 0 Å². The monoisotopic (exact) mass is 276 g/mol. The van der Waals surface area contributed by atoms with Crippen molar-refractivity contribution in [2.75, 3.05) is 33.4 Å². The first kappa shape index (κ1) is 15.0. The highest BCUT2D eigenvalue weighted by atomic mass is 16.5. The van der Waals surface area contributed by atoms with Gasteiger partial charge in [-0.05, 0) is 18.9 Å². The minimum Gasteiger partial charge on any atom is -0.383 e. The molecule has 2 rings (SSSR count). The Morgan fingerprint density at radius 2 is 2.15 bits per heavy atom. The Labute approximate surface area is 121 Å². The summed E-state index contributed by atoms with van der Waals surface area (Å²) >= 11 is 0. The summed E-state index contributed by atoms with van der Waals surface area (Å²) in [6.07, 6.45) is 1.05. The zero-order valence-corrected chi connectivity index (χ0v) is 12.3. The molecule has 110 valence electrons. The maximum Gasteiger partial charge on any atom is 0.236 e. The summed E-state index contributed by atoms with van der Waals surface area (Å²) in [5.74, 6) is 0.645. The number of hydrogen-bond acceptors (Lipinski definition) is 3. The van der Waals surface area contributed by atoms with Crippen molar-refractivity contribution >= 4 is 5.91 Å². The number of carbonyl (C=O) groups is 1. The Hall–Kier alpha value is -1.39. The predicted molar refractivity (Wildman–Crippen MR) is 79.7 cm³/mol. The second-order valence-corrected chi connectivity index (χ2v) is 5.30. The average molecular weight is 276 g/mol. The number of methoxy groups -OCH3 is 1. The molecule has 20 heavy (non-hydrogen) atoms. The molecular formula is C16H24N2O2. The second-order valence-electron chi connectivity index (χ2n) is 5.30. The number of carbonyl (C=O) groups excluding carboxylic acids is 1. The van der Waals surface area contributed by atoms with Crippen LogP contribution in [0.5, 0.6) is 0 Å². The molecule has 0 saturated carbocycles. The van der Waals surface area contributed by atoms with E-state index in [2.05, 4.69) is 36.5 Å². The third-order valence-electron chi connectivity index (χ3n) is 4.06. The summed E-state index contributed by atoms with van der Waals surface area (Å²) in [6.45, 7) is 4.75. The van der Waals surface area contributed by atoms with E-state index in [1.165, 1.54) is 5.56 Å². The van der Waals surface area contributed by atoms with Crippen LogP contribution in [0.1, 0.15) is 24.8 Å². The van der Waals surface area contributed by atoms with Gasteiger partial charge < -0.3 is 15.0 Å². The zero-order valence-electron chi connectivity index (χ0n) is 12.3. The first-order valence-corrected chi connectivity index (χ1v) is 7.28. The zero-order chi connectivity index (χ0) is 14.4. The summed E-state index contributed by atoms with van der Waals surface area (Å²) in [5, 5.41) is 3.12.